The van der Waals surface area contributed by atoms with Gasteiger partial charge in [0.2, 0.25) is 0 Å². The molecule has 0 aromatic rings. The van der Waals surface area contributed by atoms with E-state index in [2.05, 4.69) is 93.7 Å². The molecule has 0 aliphatic carbocycles. The van der Waals surface area contributed by atoms with Crippen LogP contribution >= 0.6 is 0 Å². The molecule has 0 spiro atoms. The second kappa shape index (κ2) is 53.5. The molecule has 0 fully saturated rings. The molecule has 0 aliphatic rings. The van der Waals surface area contributed by atoms with Gasteiger partial charge in [-0.3, -0.25) is 14.4 Å². The number of carbonyl (C=O) groups excluding carboxylic acids is 3. The summed E-state index contributed by atoms with van der Waals surface area (Å²) in [6.07, 6.45) is 67.4. The summed E-state index contributed by atoms with van der Waals surface area (Å²) >= 11 is 0. The SMILES string of the molecule is CC/C=C\C/C=C\C/C=C\C/C=C\C/C=C\CCCCCC(=O)OC[C@H](COC(=O)CCCCCCC/C=C\CCCCCC)OC(=O)CCCCCCCCCCCCCCCCC. The Bertz CT molecular complexity index is 1230. The molecule has 6 heteroatoms. The van der Waals surface area contributed by atoms with E-state index in [0.29, 0.717) is 19.3 Å². The van der Waals surface area contributed by atoms with Gasteiger partial charge in [0.05, 0.1) is 0 Å². The molecule has 0 amide bonds. The van der Waals surface area contributed by atoms with Crippen LogP contribution in [0.4, 0.5) is 0 Å². The van der Waals surface area contributed by atoms with Crippen LogP contribution in [-0.2, 0) is 28.6 Å². The van der Waals surface area contributed by atoms with Crippen molar-refractivity contribution in [3.63, 3.8) is 0 Å². The van der Waals surface area contributed by atoms with Crippen LogP contribution in [0.3, 0.4) is 0 Å². The zero-order valence-electron chi connectivity index (χ0n) is 42.7. The second-order valence-corrected chi connectivity index (χ2v) is 18.1. The first kappa shape index (κ1) is 61.9. The summed E-state index contributed by atoms with van der Waals surface area (Å²) in [6, 6.07) is 0. The zero-order chi connectivity index (χ0) is 47.2. The van der Waals surface area contributed by atoms with Gasteiger partial charge in [0, 0.05) is 19.3 Å². The van der Waals surface area contributed by atoms with Crippen molar-refractivity contribution in [3.8, 4) is 0 Å². The molecule has 0 aromatic carbocycles. The van der Waals surface area contributed by atoms with Gasteiger partial charge in [-0.25, -0.2) is 0 Å². The number of esters is 3. The van der Waals surface area contributed by atoms with E-state index in [0.717, 1.165) is 103 Å². The smallest absolute Gasteiger partial charge is 0.306 e. The van der Waals surface area contributed by atoms with Gasteiger partial charge in [0.15, 0.2) is 6.10 Å². The molecule has 1 atom stereocenters. The Balaban J connectivity index is 4.43. The minimum absolute atomic E-state index is 0.0886. The Hall–Kier alpha value is -3.15. The average molecular weight is 907 g/mol. The Morgan fingerprint density at radius 3 is 0.985 bits per heavy atom. The molecule has 0 bridgehead atoms. The summed E-state index contributed by atoms with van der Waals surface area (Å²) in [5.41, 5.74) is 0. The van der Waals surface area contributed by atoms with Crippen molar-refractivity contribution in [1.82, 2.24) is 0 Å². The summed E-state index contributed by atoms with van der Waals surface area (Å²) < 4.78 is 16.8. The van der Waals surface area contributed by atoms with Crippen molar-refractivity contribution in [2.24, 2.45) is 0 Å². The second-order valence-electron chi connectivity index (χ2n) is 18.1. The molecule has 0 saturated carbocycles. The van der Waals surface area contributed by atoms with Crippen molar-refractivity contribution < 1.29 is 28.6 Å². The predicted molar refractivity (Wildman–Crippen MR) is 279 cm³/mol. The van der Waals surface area contributed by atoms with Crippen LogP contribution < -0.4 is 0 Å². The summed E-state index contributed by atoms with van der Waals surface area (Å²) in [7, 11) is 0. The number of rotatable bonds is 49. The summed E-state index contributed by atoms with van der Waals surface area (Å²) in [5.74, 6) is -0.923. The van der Waals surface area contributed by atoms with Gasteiger partial charge in [0.1, 0.15) is 13.2 Å². The Morgan fingerprint density at radius 1 is 0.323 bits per heavy atom. The molecule has 0 aliphatic heterocycles. The van der Waals surface area contributed by atoms with Crippen LogP contribution in [0.5, 0.6) is 0 Å². The standard InChI is InChI=1S/C59H102O6/c1-4-7-10-13-16-19-22-25-27-28-29-30-32-34-37-40-43-46-49-52-58(61)64-55-56(54-63-57(60)51-48-45-42-39-36-33-24-21-18-15-12-9-6-3)65-59(62)53-50-47-44-41-38-35-31-26-23-20-17-14-11-8-5-2/h7,10,16,19,21,24-25,27,29-30,34,37,56H,4-6,8-9,11-15,17-18,20,22-23,26,28,31-33,35-36,38-55H2,1-3H3/b10-7-,19-16-,24-21-,27-25-,30-29-,37-34-/t56-/m0/s1. The zero-order valence-corrected chi connectivity index (χ0v) is 42.7. The van der Waals surface area contributed by atoms with E-state index in [4.69, 9.17) is 14.2 Å². The fourth-order valence-electron chi connectivity index (χ4n) is 7.58. The molecular formula is C59H102O6. The number of allylic oxidation sites excluding steroid dienone is 12. The van der Waals surface area contributed by atoms with Crippen molar-refractivity contribution >= 4 is 17.9 Å². The van der Waals surface area contributed by atoms with E-state index < -0.39 is 6.10 Å². The van der Waals surface area contributed by atoms with Gasteiger partial charge >= 0.3 is 17.9 Å². The highest BCUT2D eigenvalue weighted by molar-refractivity contribution is 5.71. The number of hydrogen-bond donors (Lipinski definition) is 0. The molecule has 0 heterocycles. The molecule has 6 nitrogen and oxygen atoms in total. The molecular weight excluding hydrogens is 805 g/mol. The lowest BCUT2D eigenvalue weighted by molar-refractivity contribution is -0.167. The summed E-state index contributed by atoms with van der Waals surface area (Å²) in [5, 5.41) is 0. The van der Waals surface area contributed by atoms with Crippen LogP contribution in [0.15, 0.2) is 72.9 Å². The van der Waals surface area contributed by atoms with Gasteiger partial charge in [-0.1, -0.05) is 229 Å². The van der Waals surface area contributed by atoms with Crippen molar-refractivity contribution in [1.29, 1.82) is 0 Å². The van der Waals surface area contributed by atoms with E-state index in [-0.39, 0.29) is 31.1 Å². The normalized spacial score (nSPS) is 12.6. The first-order valence-electron chi connectivity index (χ1n) is 27.4. The first-order valence-corrected chi connectivity index (χ1v) is 27.4. The van der Waals surface area contributed by atoms with Gasteiger partial charge in [0.25, 0.3) is 0 Å². The monoisotopic (exact) mass is 907 g/mol. The van der Waals surface area contributed by atoms with Crippen LogP contribution in [0, 0.1) is 0 Å². The van der Waals surface area contributed by atoms with Crippen LogP contribution in [-0.4, -0.2) is 37.2 Å². The van der Waals surface area contributed by atoms with E-state index in [1.807, 2.05) is 0 Å². The highest BCUT2D eigenvalue weighted by Crippen LogP contribution is 2.15. The number of unbranched alkanes of at least 4 members (excludes halogenated alkanes) is 26. The summed E-state index contributed by atoms with van der Waals surface area (Å²) in [6.45, 7) is 6.49. The van der Waals surface area contributed by atoms with Crippen LogP contribution in [0.1, 0.15) is 265 Å². The maximum atomic E-state index is 12.8. The van der Waals surface area contributed by atoms with Gasteiger partial charge in [-0.15, -0.1) is 0 Å². The van der Waals surface area contributed by atoms with Crippen LogP contribution in [0.2, 0.25) is 0 Å². The first-order chi connectivity index (χ1) is 32.0. The molecule has 0 aromatic heterocycles. The van der Waals surface area contributed by atoms with Gasteiger partial charge in [-0.05, 0) is 89.9 Å². The Kier molecular flexibility index (Phi) is 50.9. The highest BCUT2D eigenvalue weighted by Gasteiger charge is 2.19. The molecule has 0 saturated heterocycles. The lowest BCUT2D eigenvalue weighted by Gasteiger charge is -2.18. The Morgan fingerprint density at radius 2 is 0.600 bits per heavy atom. The lowest BCUT2D eigenvalue weighted by atomic mass is 10.0. The lowest BCUT2D eigenvalue weighted by Crippen LogP contribution is -2.30. The van der Waals surface area contributed by atoms with Gasteiger partial charge < -0.3 is 14.2 Å². The number of ether oxygens (including phenoxy) is 3. The topological polar surface area (TPSA) is 78.9 Å². The van der Waals surface area contributed by atoms with Crippen molar-refractivity contribution in [3.05, 3.63) is 72.9 Å². The maximum absolute atomic E-state index is 12.8. The van der Waals surface area contributed by atoms with E-state index in [1.165, 1.54) is 122 Å². The van der Waals surface area contributed by atoms with E-state index in [9.17, 15) is 14.4 Å². The highest BCUT2D eigenvalue weighted by atomic mass is 16.6. The minimum atomic E-state index is -0.790. The Labute approximate surface area is 402 Å². The van der Waals surface area contributed by atoms with E-state index >= 15 is 0 Å². The number of hydrogen-bond acceptors (Lipinski definition) is 6. The third kappa shape index (κ3) is 51.7. The molecule has 65 heavy (non-hydrogen) atoms. The molecule has 0 rings (SSSR count). The molecule has 0 unspecified atom stereocenters. The largest absolute Gasteiger partial charge is 0.462 e. The molecule has 374 valence electrons. The van der Waals surface area contributed by atoms with Gasteiger partial charge in [-0.2, -0.15) is 0 Å². The quantitative estimate of drug-likeness (QED) is 0.0262. The van der Waals surface area contributed by atoms with Crippen LogP contribution in [0.25, 0.3) is 0 Å². The van der Waals surface area contributed by atoms with Crippen molar-refractivity contribution in [2.75, 3.05) is 13.2 Å². The third-order valence-electron chi connectivity index (χ3n) is 11.7. The van der Waals surface area contributed by atoms with E-state index in [1.54, 1.807) is 0 Å². The fourth-order valence-corrected chi connectivity index (χ4v) is 7.58. The minimum Gasteiger partial charge on any atom is -0.462 e. The summed E-state index contributed by atoms with van der Waals surface area (Å²) in [4.78, 5) is 38.1. The van der Waals surface area contributed by atoms with Crippen molar-refractivity contribution in [2.45, 2.75) is 271 Å². The molecule has 0 N–H and O–H groups in total. The fraction of sp³-hybridized carbons (Fsp3) is 0.746. The third-order valence-corrected chi connectivity index (χ3v) is 11.7. The number of carbonyl (C=O) groups is 3. The predicted octanol–water partition coefficient (Wildman–Crippen LogP) is 18.2. The molecule has 0 radical (unpaired) electrons. The average Bonchev–Trinajstić information content (AvgIpc) is 3.30. The maximum Gasteiger partial charge on any atom is 0.306 e.